The fourth-order valence-corrected chi connectivity index (χ4v) is 2.41. The lowest BCUT2D eigenvalue weighted by atomic mass is 10.1. The van der Waals surface area contributed by atoms with Crippen LogP contribution in [0, 0.1) is 6.92 Å². The second kappa shape index (κ2) is 8.31. The molecule has 0 unspecified atom stereocenters. The van der Waals surface area contributed by atoms with Crippen molar-refractivity contribution in [2.75, 3.05) is 0 Å². The van der Waals surface area contributed by atoms with Crippen LogP contribution >= 0.6 is 0 Å². The summed E-state index contributed by atoms with van der Waals surface area (Å²) in [5, 5.41) is 2.74. The first-order valence-electron chi connectivity index (χ1n) is 8.59. The lowest BCUT2D eigenvalue weighted by molar-refractivity contribution is -0.150. The largest absolute Gasteiger partial charge is 0.449 e. The Balaban J connectivity index is 1.50. The zero-order valence-electron chi connectivity index (χ0n) is 15.1. The third-order valence-electron chi connectivity index (χ3n) is 3.92. The quantitative estimate of drug-likeness (QED) is 0.535. The van der Waals surface area contributed by atoms with E-state index in [-0.39, 0.29) is 5.91 Å². The molecule has 0 bridgehead atoms. The van der Waals surface area contributed by atoms with Crippen LogP contribution in [0.1, 0.15) is 23.9 Å². The molecule has 1 amide bonds. The molecule has 1 atom stereocenters. The Morgan fingerprint density at radius 2 is 1.93 bits per heavy atom. The number of aromatic nitrogens is 1. The van der Waals surface area contributed by atoms with Crippen LogP contribution in [0.5, 0.6) is 0 Å². The van der Waals surface area contributed by atoms with Crippen molar-refractivity contribution in [2.24, 2.45) is 0 Å². The molecular formula is C21H20N2O4. The zero-order valence-corrected chi connectivity index (χ0v) is 15.1. The average molecular weight is 364 g/mol. The Morgan fingerprint density at radius 1 is 1.19 bits per heavy atom. The molecule has 1 aromatic heterocycles. The first kappa shape index (κ1) is 18.4. The Bertz CT molecular complexity index is 940. The van der Waals surface area contributed by atoms with E-state index in [1.807, 2.05) is 49.4 Å². The van der Waals surface area contributed by atoms with E-state index >= 15 is 0 Å². The summed E-state index contributed by atoms with van der Waals surface area (Å²) in [6.45, 7) is 3.90. The van der Waals surface area contributed by atoms with Crippen LogP contribution in [0.4, 0.5) is 0 Å². The van der Waals surface area contributed by atoms with Crippen molar-refractivity contribution in [1.82, 2.24) is 10.3 Å². The van der Waals surface area contributed by atoms with Crippen molar-refractivity contribution in [2.45, 2.75) is 26.5 Å². The van der Waals surface area contributed by atoms with Gasteiger partial charge in [0.2, 0.25) is 5.89 Å². The SMILES string of the molecule is Cc1ccc(CNC(=O)[C@@H](C)OC(=O)/C=C/c2nc3ccccc3o2)cc1. The Morgan fingerprint density at radius 3 is 2.67 bits per heavy atom. The number of nitrogens with one attached hydrogen (secondary N) is 1. The highest BCUT2D eigenvalue weighted by atomic mass is 16.5. The summed E-state index contributed by atoms with van der Waals surface area (Å²) in [4.78, 5) is 28.2. The van der Waals surface area contributed by atoms with E-state index in [1.165, 1.54) is 19.1 Å². The van der Waals surface area contributed by atoms with Crippen molar-refractivity contribution < 1.29 is 18.7 Å². The predicted octanol–water partition coefficient (Wildman–Crippen LogP) is 3.40. The fraction of sp³-hybridized carbons (Fsp3) is 0.190. The zero-order chi connectivity index (χ0) is 19.2. The molecule has 0 aliphatic heterocycles. The molecular weight excluding hydrogens is 344 g/mol. The molecule has 6 nitrogen and oxygen atoms in total. The summed E-state index contributed by atoms with van der Waals surface area (Å²) in [5.74, 6) is -0.709. The normalized spacial score (nSPS) is 12.2. The van der Waals surface area contributed by atoms with Gasteiger partial charge in [-0.25, -0.2) is 9.78 Å². The first-order valence-corrected chi connectivity index (χ1v) is 8.59. The van der Waals surface area contributed by atoms with Gasteiger partial charge in [-0.1, -0.05) is 42.0 Å². The molecule has 0 spiro atoms. The van der Waals surface area contributed by atoms with Gasteiger partial charge in [-0.3, -0.25) is 4.79 Å². The molecule has 6 heteroatoms. The number of para-hydroxylation sites is 2. The van der Waals surface area contributed by atoms with E-state index in [2.05, 4.69) is 10.3 Å². The minimum absolute atomic E-state index is 0.296. The minimum Gasteiger partial charge on any atom is -0.449 e. The number of aryl methyl sites for hydroxylation is 1. The topological polar surface area (TPSA) is 81.4 Å². The van der Waals surface area contributed by atoms with Crippen LogP contribution in [0.3, 0.4) is 0 Å². The van der Waals surface area contributed by atoms with Crippen LogP contribution in [-0.2, 0) is 20.9 Å². The van der Waals surface area contributed by atoms with E-state index in [0.717, 1.165) is 11.1 Å². The molecule has 1 heterocycles. The van der Waals surface area contributed by atoms with E-state index in [1.54, 1.807) is 6.07 Å². The molecule has 0 aliphatic carbocycles. The Hall–Kier alpha value is -3.41. The molecule has 3 aromatic rings. The van der Waals surface area contributed by atoms with Crippen LogP contribution in [0.25, 0.3) is 17.2 Å². The highest BCUT2D eigenvalue weighted by Crippen LogP contribution is 2.15. The number of nitrogens with zero attached hydrogens (tertiary/aromatic N) is 1. The molecule has 2 aromatic carbocycles. The number of ether oxygens (including phenoxy) is 1. The maximum absolute atomic E-state index is 12.1. The van der Waals surface area contributed by atoms with Gasteiger partial charge in [-0.15, -0.1) is 0 Å². The molecule has 0 saturated carbocycles. The summed E-state index contributed by atoms with van der Waals surface area (Å²) in [5.41, 5.74) is 3.46. The molecule has 3 rings (SSSR count). The van der Waals surface area contributed by atoms with Gasteiger partial charge in [0.15, 0.2) is 11.7 Å². The van der Waals surface area contributed by atoms with E-state index in [4.69, 9.17) is 9.15 Å². The van der Waals surface area contributed by atoms with E-state index in [0.29, 0.717) is 23.5 Å². The summed E-state index contributed by atoms with van der Waals surface area (Å²) in [7, 11) is 0. The number of fused-ring (bicyclic) bond motifs is 1. The molecule has 0 aliphatic rings. The molecule has 0 radical (unpaired) electrons. The second-order valence-electron chi connectivity index (χ2n) is 6.14. The molecule has 138 valence electrons. The van der Waals surface area contributed by atoms with Crippen molar-refractivity contribution in [3.8, 4) is 0 Å². The summed E-state index contributed by atoms with van der Waals surface area (Å²) in [6, 6.07) is 15.1. The van der Waals surface area contributed by atoms with E-state index < -0.39 is 12.1 Å². The number of carbonyl (C=O) groups is 2. The first-order chi connectivity index (χ1) is 13.0. The summed E-state index contributed by atoms with van der Waals surface area (Å²) in [6.07, 6.45) is 1.70. The summed E-state index contributed by atoms with van der Waals surface area (Å²) >= 11 is 0. The van der Waals surface area contributed by atoms with Gasteiger partial charge in [-0.05, 0) is 31.5 Å². The van der Waals surface area contributed by atoms with E-state index in [9.17, 15) is 9.59 Å². The van der Waals surface area contributed by atoms with Gasteiger partial charge >= 0.3 is 5.97 Å². The standard InChI is InChI=1S/C21H20N2O4/c1-14-7-9-16(10-8-14)13-22-21(25)15(2)26-20(24)12-11-19-23-17-5-3-4-6-18(17)27-19/h3-12,15H,13H2,1-2H3,(H,22,25)/b12-11+/t15-/m1/s1. The van der Waals surface area contributed by atoms with Gasteiger partial charge in [0, 0.05) is 18.7 Å². The monoisotopic (exact) mass is 364 g/mol. The number of benzene rings is 2. The highest BCUT2D eigenvalue weighted by Gasteiger charge is 2.16. The van der Waals surface area contributed by atoms with Gasteiger partial charge < -0.3 is 14.5 Å². The Labute approximate surface area is 156 Å². The van der Waals surface area contributed by atoms with Gasteiger partial charge in [-0.2, -0.15) is 0 Å². The van der Waals surface area contributed by atoms with Gasteiger partial charge in [0.25, 0.3) is 5.91 Å². The lowest BCUT2D eigenvalue weighted by Gasteiger charge is -2.12. The van der Waals surface area contributed by atoms with Gasteiger partial charge in [0.05, 0.1) is 0 Å². The van der Waals surface area contributed by atoms with Crippen LogP contribution < -0.4 is 5.32 Å². The number of carbonyl (C=O) groups excluding carboxylic acids is 2. The molecule has 1 N–H and O–H groups in total. The number of amides is 1. The van der Waals surface area contributed by atoms with Crippen molar-refractivity contribution in [3.05, 3.63) is 71.6 Å². The van der Waals surface area contributed by atoms with Gasteiger partial charge in [0.1, 0.15) is 5.52 Å². The predicted molar refractivity (Wildman–Crippen MR) is 102 cm³/mol. The number of hydrogen-bond acceptors (Lipinski definition) is 5. The number of esters is 1. The Kier molecular flexibility index (Phi) is 5.66. The number of rotatable bonds is 6. The van der Waals surface area contributed by atoms with Crippen LogP contribution in [-0.4, -0.2) is 23.0 Å². The lowest BCUT2D eigenvalue weighted by Crippen LogP contribution is -2.35. The minimum atomic E-state index is -0.906. The number of hydrogen-bond donors (Lipinski definition) is 1. The van der Waals surface area contributed by atoms with Crippen molar-refractivity contribution >= 4 is 29.1 Å². The average Bonchev–Trinajstić information content (AvgIpc) is 3.08. The summed E-state index contributed by atoms with van der Waals surface area (Å²) < 4.78 is 10.6. The maximum Gasteiger partial charge on any atom is 0.331 e. The second-order valence-corrected chi connectivity index (χ2v) is 6.14. The molecule has 0 fully saturated rings. The number of oxazole rings is 1. The van der Waals surface area contributed by atoms with Crippen molar-refractivity contribution in [3.63, 3.8) is 0 Å². The van der Waals surface area contributed by atoms with Crippen molar-refractivity contribution in [1.29, 1.82) is 0 Å². The molecule has 0 saturated heterocycles. The maximum atomic E-state index is 12.1. The fourth-order valence-electron chi connectivity index (χ4n) is 2.41. The molecule has 27 heavy (non-hydrogen) atoms. The van der Waals surface area contributed by atoms with Crippen LogP contribution in [0.15, 0.2) is 59.0 Å². The smallest absolute Gasteiger partial charge is 0.331 e. The third-order valence-corrected chi connectivity index (χ3v) is 3.92. The van der Waals surface area contributed by atoms with Crippen LogP contribution in [0.2, 0.25) is 0 Å². The third kappa shape index (κ3) is 5.04. The highest BCUT2D eigenvalue weighted by molar-refractivity contribution is 5.90.